The highest BCUT2D eigenvalue weighted by Crippen LogP contribution is 2.22. The standard InChI is InChI=1S/C16H14N2O2/c19-16(13-6-2-1-3-7-13)20-11-10-18-12-17-14-8-4-5-9-15(14)18/h1-9,12H,10-11H2/p+1. The van der Waals surface area contributed by atoms with Gasteiger partial charge in [-0.3, -0.25) is 4.90 Å². The molecule has 0 radical (unpaired) electrons. The largest absolute Gasteiger partial charge is 0.456 e. The van der Waals surface area contributed by atoms with Crippen LogP contribution in [0.2, 0.25) is 0 Å². The molecule has 3 rings (SSSR count). The van der Waals surface area contributed by atoms with Gasteiger partial charge in [-0.25, -0.2) is 4.79 Å². The first-order chi connectivity index (χ1) is 9.84. The molecule has 0 aliphatic carbocycles. The van der Waals surface area contributed by atoms with E-state index in [-0.39, 0.29) is 5.97 Å². The van der Waals surface area contributed by atoms with Gasteiger partial charge in [-0.2, -0.15) is 4.99 Å². The Morgan fingerprint density at radius 3 is 2.65 bits per heavy atom. The molecule has 4 heteroatoms. The van der Waals surface area contributed by atoms with Crippen molar-refractivity contribution in [1.29, 1.82) is 0 Å². The van der Waals surface area contributed by atoms with Gasteiger partial charge in [0.25, 0.3) is 0 Å². The fourth-order valence-corrected chi connectivity index (χ4v) is 2.19. The molecule has 0 saturated carbocycles. The first-order valence-corrected chi connectivity index (χ1v) is 6.56. The van der Waals surface area contributed by atoms with Crippen molar-refractivity contribution in [1.82, 2.24) is 0 Å². The summed E-state index contributed by atoms with van der Waals surface area (Å²) in [5, 5.41) is 0. The molecule has 100 valence electrons. The Morgan fingerprint density at radius 1 is 1.05 bits per heavy atom. The summed E-state index contributed by atoms with van der Waals surface area (Å²) in [6, 6.07) is 17.0. The van der Waals surface area contributed by atoms with E-state index in [1.807, 2.05) is 48.8 Å². The van der Waals surface area contributed by atoms with Crippen molar-refractivity contribution in [2.75, 3.05) is 13.2 Å². The van der Waals surface area contributed by atoms with E-state index in [2.05, 4.69) is 4.99 Å². The summed E-state index contributed by atoms with van der Waals surface area (Å²) < 4.78 is 5.28. The van der Waals surface area contributed by atoms with Gasteiger partial charge in [-0.05, 0) is 18.2 Å². The molecule has 2 aromatic rings. The van der Waals surface area contributed by atoms with Crippen LogP contribution in [0.1, 0.15) is 10.4 Å². The number of hydrogen-bond donors (Lipinski definition) is 1. The van der Waals surface area contributed by atoms with Gasteiger partial charge in [-0.15, -0.1) is 0 Å². The number of nitrogens with one attached hydrogen (secondary N) is 1. The van der Waals surface area contributed by atoms with E-state index in [1.54, 1.807) is 12.1 Å². The Bertz CT molecular complexity index is 638. The fourth-order valence-electron chi connectivity index (χ4n) is 2.19. The highest BCUT2D eigenvalue weighted by Gasteiger charge is 2.20. The van der Waals surface area contributed by atoms with Gasteiger partial charge in [0.1, 0.15) is 18.8 Å². The first-order valence-electron chi connectivity index (χ1n) is 6.56. The van der Waals surface area contributed by atoms with Crippen molar-refractivity contribution in [2.45, 2.75) is 0 Å². The number of nitrogens with zero attached hydrogens (tertiary/aromatic N) is 1. The molecule has 20 heavy (non-hydrogen) atoms. The zero-order chi connectivity index (χ0) is 13.8. The predicted molar refractivity (Wildman–Crippen MR) is 76.8 cm³/mol. The van der Waals surface area contributed by atoms with Gasteiger partial charge in [0.2, 0.25) is 0 Å². The van der Waals surface area contributed by atoms with Crippen LogP contribution in [0.5, 0.6) is 0 Å². The molecule has 0 saturated heterocycles. The Kier molecular flexibility index (Phi) is 3.56. The van der Waals surface area contributed by atoms with Gasteiger partial charge in [0.15, 0.2) is 12.0 Å². The molecule has 1 atom stereocenters. The fraction of sp³-hybridized carbons (Fsp3) is 0.125. The number of carbonyl (C=O) groups is 1. The van der Waals surface area contributed by atoms with Crippen molar-refractivity contribution >= 4 is 23.7 Å². The van der Waals surface area contributed by atoms with Crippen LogP contribution in [0.15, 0.2) is 59.6 Å². The van der Waals surface area contributed by atoms with E-state index in [0.717, 1.165) is 16.3 Å². The van der Waals surface area contributed by atoms with Crippen LogP contribution in [0.25, 0.3) is 0 Å². The Labute approximate surface area is 117 Å². The zero-order valence-electron chi connectivity index (χ0n) is 11.0. The van der Waals surface area contributed by atoms with E-state index >= 15 is 0 Å². The SMILES string of the molecule is O=C(OCC[NH+]1C=Nc2ccccc21)c1ccccc1. The van der Waals surface area contributed by atoms with Crippen LogP contribution >= 0.6 is 0 Å². The third-order valence-corrected chi connectivity index (χ3v) is 3.22. The van der Waals surface area contributed by atoms with Crippen molar-refractivity contribution in [2.24, 2.45) is 4.99 Å². The Morgan fingerprint density at radius 2 is 1.80 bits per heavy atom. The molecule has 1 heterocycles. The van der Waals surface area contributed by atoms with Crippen molar-refractivity contribution in [3.8, 4) is 0 Å². The van der Waals surface area contributed by atoms with Gasteiger partial charge >= 0.3 is 5.97 Å². The van der Waals surface area contributed by atoms with Crippen LogP contribution in [-0.2, 0) is 4.74 Å². The summed E-state index contributed by atoms with van der Waals surface area (Å²) in [4.78, 5) is 17.2. The summed E-state index contributed by atoms with van der Waals surface area (Å²) in [5.41, 5.74) is 2.69. The molecular formula is C16H15N2O2+. The number of carbonyl (C=O) groups excluding carboxylic acids is 1. The summed E-state index contributed by atoms with van der Waals surface area (Å²) in [6.07, 6.45) is 1.85. The molecule has 0 aromatic heterocycles. The molecule has 4 nitrogen and oxygen atoms in total. The van der Waals surface area contributed by atoms with E-state index in [9.17, 15) is 4.79 Å². The lowest BCUT2D eigenvalue weighted by molar-refractivity contribution is -0.720. The lowest BCUT2D eigenvalue weighted by Gasteiger charge is -2.10. The number of ether oxygens (including phenoxy) is 1. The minimum absolute atomic E-state index is 0.283. The average Bonchev–Trinajstić information content (AvgIpc) is 2.92. The average molecular weight is 267 g/mol. The normalized spacial score (nSPS) is 15.9. The molecule has 0 spiro atoms. The molecular weight excluding hydrogens is 252 g/mol. The van der Waals surface area contributed by atoms with Crippen molar-refractivity contribution in [3.05, 3.63) is 60.2 Å². The molecule has 2 aromatic carbocycles. The monoisotopic (exact) mass is 267 g/mol. The smallest absolute Gasteiger partial charge is 0.338 e. The summed E-state index contributed by atoms with van der Waals surface area (Å²) >= 11 is 0. The number of esters is 1. The second kappa shape index (κ2) is 5.67. The maximum atomic E-state index is 11.8. The van der Waals surface area contributed by atoms with Crippen LogP contribution in [-0.4, -0.2) is 25.5 Å². The minimum atomic E-state index is -0.283. The topological polar surface area (TPSA) is 43.1 Å². The molecule has 0 amide bonds. The van der Waals surface area contributed by atoms with Crippen LogP contribution in [0, 0.1) is 0 Å². The van der Waals surface area contributed by atoms with Gasteiger partial charge in [0.05, 0.1) is 5.56 Å². The molecule has 1 N–H and O–H groups in total. The zero-order valence-corrected chi connectivity index (χ0v) is 11.0. The van der Waals surface area contributed by atoms with Crippen LogP contribution in [0.4, 0.5) is 11.4 Å². The molecule has 1 aliphatic rings. The Hall–Kier alpha value is -2.46. The lowest BCUT2D eigenvalue weighted by Crippen LogP contribution is -3.05. The van der Waals surface area contributed by atoms with Gasteiger partial charge < -0.3 is 4.74 Å². The first kappa shape index (κ1) is 12.6. The third-order valence-electron chi connectivity index (χ3n) is 3.22. The van der Waals surface area contributed by atoms with Crippen molar-refractivity contribution in [3.63, 3.8) is 0 Å². The summed E-state index contributed by atoms with van der Waals surface area (Å²) in [6.45, 7) is 1.04. The maximum Gasteiger partial charge on any atom is 0.338 e. The van der Waals surface area contributed by atoms with E-state index in [4.69, 9.17) is 4.74 Å². The van der Waals surface area contributed by atoms with E-state index < -0.39 is 0 Å². The minimum Gasteiger partial charge on any atom is -0.456 e. The number of fused-ring (bicyclic) bond motifs is 1. The second-order valence-corrected chi connectivity index (χ2v) is 4.55. The Balaban J connectivity index is 1.55. The van der Waals surface area contributed by atoms with Gasteiger partial charge in [-0.1, -0.05) is 30.3 Å². The van der Waals surface area contributed by atoms with Gasteiger partial charge in [0, 0.05) is 6.07 Å². The third kappa shape index (κ3) is 2.60. The second-order valence-electron chi connectivity index (χ2n) is 4.55. The van der Waals surface area contributed by atoms with E-state index in [0.29, 0.717) is 18.7 Å². The highest BCUT2D eigenvalue weighted by atomic mass is 16.5. The number of hydrogen-bond acceptors (Lipinski definition) is 3. The molecule has 0 fully saturated rings. The highest BCUT2D eigenvalue weighted by molar-refractivity contribution is 5.89. The summed E-state index contributed by atoms with van der Waals surface area (Å²) in [5.74, 6) is -0.283. The van der Waals surface area contributed by atoms with Crippen LogP contribution < -0.4 is 4.90 Å². The molecule has 1 aliphatic heterocycles. The quantitative estimate of drug-likeness (QED) is 0.857. The molecule has 1 unspecified atom stereocenters. The number of aliphatic imine (C=N–C) groups is 1. The lowest BCUT2D eigenvalue weighted by atomic mass is 10.2. The van der Waals surface area contributed by atoms with Crippen molar-refractivity contribution < 1.29 is 14.4 Å². The number of para-hydroxylation sites is 2. The van der Waals surface area contributed by atoms with E-state index in [1.165, 1.54) is 0 Å². The molecule has 0 bridgehead atoms. The number of rotatable bonds is 4. The predicted octanol–water partition coefficient (Wildman–Crippen LogP) is 1.73. The van der Waals surface area contributed by atoms with Crippen LogP contribution in [0.3, 0.4) is 0 Å². The maximum absolute atomic E-state index is 11.8. The number of benzene rings is 2. The summed E-state index contributed by atoms with van der Waals surface area (Å²) in [7, 11) is 0. The number of quaternary nitrogens is 1.